The number of aromatic nitrogens is 2. The van der Waals surface area contributed by atoms with Crippen LogP contribution in [0.4, 0.5) is 11.6 Å². The Morgan fingerprint density at radius 3 is 2.75 bits per heavy atom. The molecule has 0 unspecified atom stereocenters. The van der Waals surface area contributed by atoms with Gasteiger partial charge < -0.3 is 15.2 Å². The van der Waals surface area contributed by atoms with Crippen molar-refractivity contribution in [3.63, 3.8) is 0 Å². The predicted molar refractivity (Wildman–Crippen MR) is 70.9 cm³/mol. The van der Waals surface area contributed by atoms with E-state index in [9.17, 15) is 10.1 Å². The van der Waals surface area contributed by atoms with Crippen molar-refractivity contribution in [2.24, 2.45) is 0 Å². The van der Waals surface area contributed by atoms with Gasteiger partial charge in [-0.2, -0.15) is 4.98 Å². The first-order valence-corrected chi connectivity index (χ1v) is 5.60. The SMILES string of the molecule is COc1cc(C)ccc1Oc1nc(N)ncc1[N+](=O)[O-]. The van der Waals surface area contributed by atoms with Gasteiger partial charge in [-0.3, -0.25) is 10.1 Å². The molecule has 2 N–H and O–H groups in total. The fourth-order valence-corrected chi connectivity index (χ4v) is 1.54. The van der Waals surface area contributed by atoms with E-state index >= 15 is 0 Å². The van der Waals surface area contributed by atoms with Crippen LogP contribution in [0.1, 0.15) is 5.56 Å². The first kappa shape index (κ1) is 13.5. The van der Waals surface area contributed by atoms with E-state index in [1.807, 2.05) is 6.92 Å². The number of methoxy groups -OCH3 is 1. The number of ether oxygens (including phenoxy) is 2. The summed E-state index contributed by atoms with van der Waals surface area (Å²) in [6.07, 6.45) is 0.998. The summed E-state index contributed by atoms with van der Waals surface area (Å²) in [5.74, 6) is 0.400. The number of benzene rings is 1. The molecule has 0 spiro atoms. The van der Waals surface area contributed by atoms with Crippen LogP contribution in [0.3, 0.4) is 0 Å². The van der Waals surface area contributed by atoms with Crippen LogP contribution in [0.2, 0.25) is 0 Å². The highest BCUT2D eigenvalue weighted by Gasteiger charge is 2.20. The third kappa shape index (κ3) is 2.74. The molecule has 2 rings (SSSR count). The average molecular weight is 276 g/mol. The van der Waals surface area contributed by atoms with E-state index in [1.165, 1.54) is 7.11 Å². The molecule has 0 fully saturated rings. The molecule has 0 aliphatic rings. The molecule has 8 nitrogen and oxygen atoms in total. The van der Waals surface area contributed by atoms with Gasteiger partial charge in [0.1, 0.15) is 6.20 Å². The maximum Gasteiger partial charge on any atom is 0.349 e. The van der Waals surface area contributed by atoms with Gasteiger partial charge in [0.25, 0.3) is 0 Å². The summed E-state index contributed by atoms with van der Waals surface area (Å²) in [5, 5.41) is 10.9. The summed E-state index contributed by atoms with van der Waals surface area (Å²) in [5.41, 5.74) is 6.01. The van der Waals surface area contributed by atoms with Crippen LogP contribution in [0, 0.1) is 17.0 Å². The number of nitro groups is 1. The summed E-state index contributed by atoms with van der Waals surface area (Å²) in [6.45, 7) is 1.89. The molecule has 1 heterocycles. The molecular formula is C12H12N4O4. The summed E-state index contributed by atoms with van der Waals surface area (Å²) < 4.78 is 10.6. The van der Waals surface area contributed by atoms with Crippen molar-refractivity contribution >= 4 is 11.6 Å². The fraction of sp³-hybridized carbons (Fsp3) is 0.167. The van der Waals surface area contributed by atoms with Crippen LogP contribution in [-0.4, -0.2) is 22.0 Å². The molecule has 104 valence electrons. The van der Waals surface area contributed by atoms with Gasteiger partial charge in [-0.15, -0.1) is 0 Å². The van der Waals surface area contributed by atoms with Crippen molar-refractivity contribution in [1.29, 1.82) is 0 Å². The molecule has 1 aromatic heterocycles. The third-order valence-corrected chi connectivity index (χ3v) is 2.48. The monoisotopic (exact) mass is 276 g/mol. The van der Waals surface area contributed by atoms with Crippen LogP contribution in [-0.2, 0) is 0 Å². The van der Waals surface area contributed by atoms with E-state index < -0.39 is 4.92 Å². The quantitative estimate of drug-likeness (QED) is 0.671. The van der Waals surface area contributed by atoms with E-state index in [1.54, 1.807) is 18.2 Å². The first-order chi connectivity index (χ1) is 9.51. The highest BCUT2D eigenvalue weighted by molar-refractivity contribution is 5.49. The molecule has 0 aliphatic heterocycles. The second-order valence-electron chi connectivity index (χ2n) is 3.93. The second kappa shape index (κ2) is 5.39. The number of nitrogens with two attached hydrogens (primary N) is 1. The van der Waals surface area contributed by atoms with E-state index in [0.29, 0.717) is 11.5 Å². The lowest BCUT2D eigenvalue weighted by Crippen LogP contribution is -2.02. The van der Waals surface area contributed by atoms with Crippen molar-refractivity contribution in [3.8, 4) is 17.4 Å². The molecule has 1 aromatic carbocycles. The molecule has 8 heteroatoms. The Labute approximate surface area is 114 Å². The van der Waals surface area contributed by atoms with Crippen molar-refractivity contribution in [2.45, 2.75) is 6.92 Å². The average Bonchev–Trinajstić information content (AvgIpc) is 2.40. The number of rotatable bonds is 4. The standard InChI is InChI=1S/C12H12N4O4/c1-7-3-4-9(10(5-7)19-2)20-11-8(16(17)18)6-14-12(13)15-11/h3-6H,1-2H3,(H2,13,14,15). The van der Waals surface area contributed by atoms with E-state index in [2.05, 4.69) is 9.97 Å². The second-order valence-corrected chi connectivity index (χ2v) is 3.93. The Kier molecular flexibility index (Phi) is 3.65. The summed E-state index contributed by atoms with van der Waals surface area (Å²) in [4.78, 5) is 17.6. The van der Waals surface area contributed by atoms with E-state index in [4.69, 9.17) is 15.2 Å². The minimum absolute atomic E-state index is 0.114. The van der Waals surface area contributed by atoms with E-state index in [0.717, 1.165) is 11.8 Å². The predicted octanol–water partition coefficient (Wildman–Crippen LogP) is 2.08. The number of hydrogen-bond acceptors (Lipinski definition) is 7. The minimum Gasteiger partial charge on any atom is -0.493 e. The first-order valence-electron chi connectivity index (χ1n) is 5.60. The molecule has 20 heavy (non-hydrogen) atoms. The third-order valence-electron chi connectivity index (χ3n) is 2.48. The largest absolute Gasteiger partial charge is 0.493 e. The lowest BCUT2D eigenvalue weighted by molar-refractivity contribution is -0.386. The topological polar surface area (TPSA) is 113 Å². The summed E-state index contributed by atoms with van der Waals surface area (Å²) in [6, 6.07) is 5.16. The highest BCUT2D eigenvalue weighted by Crippen LogP contribution is 2.35. The zero-order valence-corrected chi connectivity index (χ0v) is 10.9. The number of nitrogen functional groups attached to an aromatic ring is 1. The Morgan fingerprint density at radius 1 is 1.35 bits per heavy atom. The maximum absolute atomic E-state index is 10.9. The van der Waals surface area contributed by atoms with Crippen LogP contribution in [0.5, 0.6) is 17.4 Å². The van der Waals surface area contributed by atoms with Gasteiger partial charge in [0.05, 0.1) is 12.0 Å². The zero-order chi connectivity index (χ0) is 14.7. The Morgan fingerprint density at radius 2 is 2.10 bits per heavy atom. The molecule has 0 saturated heterocycles. The van der Waals surface area contributed by atoms with Gasteiger partial charge >= 0.3 is 11.6 Å². The van der Waals surface area contributed by atoms with Crippen molar-refractivity contribution < 1.29 is 14.4 Å². The van der Waals surface area contributed by atoms with Crippen molar-refractivity contribution in [1.82, 2.24) is 9.97 Å². The zero-order valence-electron chi connectivity index (χ0n) is 10.9. The minimum atomic E-state index is -0.643. The Balaban J connectivity index is 2.44. The highest BCUT2D eigenvalue weighted by atomic mass is 16.6. The van der Waals surface area contributed by atoms with Crippen LogP contribution >= 0.6 is 0 Å². The van der Waals surface area contributed by atoms with Crippen LogP contribution < -0.4 is 15.2 Å². The molecule has 0 saturated carbocycles. The van der Waals surface area contributed by atoms with Gasteiger partial charge in [-0.05, 0) is 24.6 Å². The number of aryl methyl sites for hydroxylation is 1. The summed E-state index contributed by atoms with van der Waals surface area (Å²) in [7, 11) is 1.48. The number of anilines is 1. The lowest BCUT2D eigenvalue weighted by atomic mass is 10.2. The van der Waals surface area contributed by atoms with Crippen LogP contribution in [0.25, 0.3) is 0 Å². The van der Waals surface area contributed by atoms with Gasteiger partial charge in [-0.25, -0.2) is 4.98 Å². The van der Waals surface area contributed by atoms with Gasteiger partial charge in [0.2, 0.25) is 5.95 Å². The Bertz CT molecular complexity index is 660. The maximum atomic E-state index is 10.9. The van der Waals surface area contributed by atoms with Gasteiger partial charge in [-0.1, -0.05) is 6.07 Å². The molecular weight excluding hydrogens is 264 g/mol. The molecule has 0 radical (unpaired) electrons. The molecule has 0 amide bonds. The van der Waals surface area contributed by atoms with Crippen molar-refractivity contribution in [2.75, 3.05) is 12.8 Å². The normalized spacial score (nSPS) is 10.1. The molecule has 0 bridgehead atoms. The molecule has 0 atom stereocenters. The smallest absolute Gasteiger partial charge is 0.349 e. The Hall–Kier alpha value is -2.90. The van der Waals surface area contributed by atoms with Gasteiger partial charge in [0, 0.05) is 0 Å². The lowest BCUT2D eigenvalue weighted by Gasteiger charge is -2.10. The summed E-state index contributed by atoms with van der Waals surface area (Å²) >= 11 is 0. The van der Waals surface area contributed by atoms with Crippen molar-refractivity contribution in [3.05, 3.63) is 40.1 Å². The molecule has 0 aliphatic carbocycles. The number of hydrogen-bond donors (Lipinski definition) is 1. The van der Waals surface area contributed by atoms with Crippen LogP contribution in [0.15, 0.2) is 24.4 Å². The fourth-order valence-electron chi connectivity index (χ4n) is 1.54. The molecule has 2 aromatic rings. The number of nitrogens with zero attached hydrogens (tertiary/aromatic N) is 3. The van der Waals surface area contributed by atoms with Gasteiger partial charge in [0.15, 0.2) is 11.5 Å². The van der Waals surface area contributed by atoms with E-state index in [-0.39, 0.29) is 17.5 Å².